The minimum absolute atomic E-state index is 0.294. The summed E-state index contributed by atoms with van der Waals surface area (Å²) in [6.45, 7) is 0. The highest BCUT2D eigenvalue weighted by molar-refractivity contribution is 5.82. The number of hydrogen-bond donors (Lipinski definition) is 0. The van der Waals surface area contributed by atoms with Gasteiger partial charge in [-0.3, -0.25) is 0 Å². The van der Waals surface area contributed by atoms with Crippen LogP contribution >= 0.6 is 0 Å². The van der Waals surface area contributed by atoms with Gasteiger partial charge in [-0.05, 0) is 22.8 Å². The largest absolute Gasteiger partial charge is 0.369 e. The fourth-order valence-electron chi connectivity index (χ4n) is 3.94. The number of carbonyl (C=O) groups excluding carboxylic acids is 1. The van der Waals surface area contributed by atoms with Crippen LogP contribution in [0.4, 0.5) is 4.79 Å². The van der Waals surface area contributed by atoms with E-state index in [9.17, 15) is 4.79 Å². The van der Waals surface area contributed by atoms with E-state index < -0.39 is 0 Å². The van der Waals surface area contributed by atoms with Crippen molar-refractivity contribution in [3.63, 3.8) is 0 Å². The summed E-state index contributed by atoms with van der Waals surface area (Å²) < 4.78 is 2.84. The predicted octanol–water partition coefficient (Wildman–Crippen LogP) is 5.44. The molecule has 5 rings (SSSR count). The van der Waals surface area contributed by atoms with Crippen molar-refractivity contribution in [1.82, 2.24) is 19.6 Å². The van der Waals surface area contributed by atoms with Gasteiger partial charge in [0.15, 0.2) is 0 Å². The first-order valence-electron chi connectivity index (χ1n) is 10.6. The molecule has 0 unspecified atom stereocenters. The molecule has 2 heterocycles. The normalized spacial score (nSPS) is 10.9. The fraction of sp³-hybridized carbons (Fsp3) is 0.0741. The quantitative estimate of drug-likeness (QED) is 0.382. The highest BCUT2D eigenvalue weighted by atomic mass is 16.2. The van der Waals surface area contributed by atoms with Crippen LogP contribution < -0.4 is 0 Å². The van der Waals surface area contributed by atoms with Gasteiger partial charge in [-0.1, -0.05) is 91.0 Å². The molecule has 2 aromatic heterocycles. The van der Waals surface area contributed by atoms with E-state index in [1.165, 1.54) is 9.36 Å². The van der Waals surface area contributed by atoms with Crippen LogP contribution in [0.25, 0.3) is 11.1 Å². The zero-order chi connectivity index (χ0) is 21.8. The van der Waals surface area contributed by atoms with Gasteiger partial charge in [0.2, 0.25) is 0 Å². The summed E-state index contributed by atoms with van der Waals surface area (Å²) >= 11 is 0. The van der Waals surface area contributed by atoms with Crippen molar-refractivity contribution < 1.29 is 4.79 Å². The average Bonchev–Trinajstić information content (AvgIpc) is 3.50. The van der Waals surface area contributed by atoms with Gasteiger partial charge in [-0.15, -0.1) is 0 Å². The van der Waals surface area contributed by atoms with E-state index in [1.807, 2.05) is 54.6 Å². The Morgan fingerprint density at radius 2 is 1.31 bits per heavy atom. The predicted molar refractivity (Wildman–Crippen MR) is 125 cm³/mol. The zero-order valence-electron chi connectivity index (χ0n) is 17.5. The Bertz CT molecular complexity index is 1310. The molecule has 0 aliphatic carbocycles. The maximum absolute atomic E-state index is 13.4. The van der Waals surface area contributed by atoms with E-state index >= 15 is 0 Å². The Hall–Kier alpha value is -4.25. The maximum atomic E-state index is 13.4. The van der Waals surface area contributed by atoms with Gasteiger partial charge in [0.1, 0.15) is 0 Å². The molecular weight excluding hydrogens is 396 g/mol. The highest BCUT2D eigenvalue weighted by Gasteiger charge is 2.24. The molecule has 0 radical (unpaired) electrons. The van der Waals surface area contributed by atoms with Gasteiger partial charge in [0.25, 0.3) is 0 Å². The second-order valence-corrected chi connectivity index (χ2v) is 7.60. The Kier molecular flexibility index (Phi) is 5.45. The first-order valence-corrected chi connectivity index (χ1v) is 10.6. The van der Waals surface area contributed by atoms with E-state index in [1.54, 1.807) is 18.5 Å². The third kappa shape index (κ3) is 4.01. The molecule has 0 bridgehead atoms. The summed E-state index contributed by atoms with van der Waals surface area (Å²) in [7, 11) is 0. The highest BCUT2D eigenvalue weighted by Crippen LogP contribution is 2.31. The third-order valence-corrected chi connectivity index (χ3v) is 5.43. The van der Waals surface area contributed by atoms with Gasteiger partial charge in [-0.2, -0.15) is 19.6 Å². The minimum Gasteiger partial charge on any atom is -0.244 e. The van der Waals surface area contributed by atoms with Gasteiger partial charge < -0.3 is 0 Å². The monoisotopic (exact) mass is 418 g/mol. The van der Waals surface area contributed by atoms with Crippen LogP contribution in [-0.2, 0) is 12.8 Å². The first-order chi connectivity index (χ1) is 15.8. The van der Waals surface area contributed by atoms with E-state index in [-0.39, 0.29) is 6.03 Å². The molecule has 0 amide bonds. The molecule has 0 saturated heterocycles. The lowest BCUT2D eigenvalue weighted by atomic mass is 9.96. The van der Waals surface area contributed by atoms with Gasteiger partial charge in [-0.25, -0.2) is 4.79 Å². The SMILES string of the molecule is O=C(n1cccn1)n1nc(Cc2ccccc2)c(-c2ccccc2)c1Cc1ccccc1. The summed E-state index contributed by atoms with van der Waals surface area (Å²) in [5.41, 5.74) is 6.03. The first kappa shape index (κ1) is 19.7. The van der Waals surface area contributed by atoms with E-state index in [2.05, 4.69) is 41.5 Å². The van der Waals surface area contributed by atoms with E-state index in [0.717, 1.165) is 33.6 Å². The molecule has 0 aliphatic rings. The number of rotatable bonds is 5. The standard InChI is InChI=1S/C27H22N4O/c32-27(30-18-10-17-28-30)31-25(20-22-13-6-2-7-14-22)26(23-15-8-3-9-16-23)24(29-31)19-21-11-4-1-5-12-21/h1-18H,19-20H2. The van der Waals surface area contributed by atoms with Crippen molar-refractivity contribution >= 4 is 6.03 Å². The third-order valence-electron chi connectivity index (χ3n) is 5.43. The summed E-state index contributed by atoms with van der Waals surface area (Å²) in [6.07, 6.45) is 4.46. The number of aromatic nitrogens is 4. The van der Waals surface area contributed by atoms with Crippen LogP contribution in [0, 0.1) is 0 Å². The fourth-order valence-corrected chi connectivity index (χ4v) is 3.94. The van der Waals surface area contributed by atoms with Gasteiger partial charge >= 0.3 is 6.03 Å². The molecule has 5 aromatic rings. The van der Waals surface area contributed by atoms with Crippen LogP contribution in [0.3, 0.4) is 0 Å². The molecule has 0 spiro atoms. The number of benzene rings is 3. The number of hydrogen-bond acceptors (Lipinski definition) is 3. The summed E-state index contributed by atoms with van der Waals surface area (Å²) in [5, 5.41) is 8.98. The molecule has 0 atom stereocenters. The molecule has 0 aliphatic heterocycles. The second-order valence-electron chi connectivity index (χ2n) is 7.60. The summed E-state index contributed by atoms with van der Waals surface area (Å²) in [5.74, 6) is 0. The van der Waals surface area contributed by atoms with Crippen molar-refractivity contribution in [2.45, 2.75) is 12.8 Å². The zero-order valence-corrected chi connectivity index (χ0v) is 17.5. The minimum atomic E-state index is -0.294. The van der Waals surface area contributed by atoms with Crippen LogP contribution in [0.15, 0.2) is 109 Å². The molecule has 0 saturated carbocycles. The lowest BCUT2D eigenvalue weighted by Crippen LogP contribution is -2.23. The Morgan fingerprint density at radius 3 is 1.91 bits per heavy atom. The topological polar surface area (TPSA) is 52.7 Å². The van der Waals surface area contributed by atoms with E-state index in [4.69, 9.17) is 5.10 Å². The van der Waals surface area contributed by atoms with Crippen molar-refractivity contribution in [3.05, 3.63) is 132 Å². The van der Waals surface area contributed by atoms with Crippen LogP contribution in [-0.4, -0.2) is 25.6 Å². The maximum Gasteiger partial charge on any atom is 0.369 e. The Morgan fingerprint density at radius 1 is 0.719 bits per heavy atom. The van der Waals surface area contributed by atoms with Crippen LogP contribution in [0.1, 0.15) is 22.5 Å². The Balaban J connectivity index is 1.70. The van der Waals surface area contributed by atoms with Gasteiger partial charge in [0.05, 0.1) is 11.4 Å². The lowest BCUT2D eigenvalue weighted by Gasteiger charge is -2.10. The molecule has 0 fully saturated rings. The number of nitrogens with zero attached hydrogens (tertiary/aromatic N) is 4. The van der Waals surface area contributed by atoms with Crippen molar-refractivity contribution in [1.29, 1.82) is 0 Å². The smallest absolute Gasteiger partial charge is 0.244 e. The lowest BCUT2D eigenvalue weighted by molar-refractivity contribution is 0.237. The summed E-state index contributed by atoms with van der Waals surface area (Å²) in [4.78, 5) is 13.4. The van der Waals surface area contributed by atoms with Crippen molar-refractivity contribution in [2.75, 3.05) is 0 Å². The molecule has 3 aromatic carbocycles. The van der Waals surface area contributed by atoms with Crippen LogP contribution in [0.2, 0.25) is 0 Å². The van der Waals surface area contributed by atoms with Crippen molar-refractivity contribution in [2.24, 2.45) is 0 Å². The molecular formula is C27H22N4O. The molecule has 32 heavy (non-hydrogen) atoms. The molecule has 5 heteroatoms. The Labute approximate surface area is 186 Å². The second kappa shape index (κ2) is 8.86. The molecule has 156 valence electrons. The number of carbonyl (C=O) groups is 1. The summed E-state index contributed by atoms with van der Waals surface area (Å²) in [6, 6.07) is 32.0. The van der Waals surface area contributed by atoms with Gasteiger partial charge in [0, 0.05) is 30.8 Å². The van der Waals surface area contributed by atoms with Crippen LogP contribution in [0.5, 0.6) is 0 Å². The van der Waals surface area contributed by atoms with Crippen molar-refractivity contribution in [3.8, 4) is 11.1 Å². The average molecular weight is 419 g/mol. The molecule has 5 nitrogen and oxygen atoms in total. The van der Waals surface area contributed by atoms with E-state index in [0.29, 0.717) is 12.8 Å². The molecule has 0 N–H and O–H groups in total.